The van der Waals surface area contributed by atoms with Crippen LogP contribution in [0.4, 0.5) is 0 Å². The normalized spacial score (nSPS) is 10.8. The molecular formula is C16H26ClNO. The molecule has 0 aliphatic rings. The highest BCUT2D eigenvalue weighted by molar-refractivity contribution is 6.30. The van der Waals surface area contributed by atoms with Gasteiger partial charge in [0.2, 0.25) is 0 Å². The maximum Gasteiger partial charge on any atom is 0.0716 e. The fourth-order valence-corrected chi connectivity index (χ4v) is 2.01. The van der Waals surface area contributed by atoms with E-state index >= 15 is 0 Å². The van der Waals surface area contributed by atoms with Gasteiger partial charge in [-0.05, 0) is 50.0 Å². The van der Waals surface area contributed by atoms with E-state index in [1.54, 1.807) is 0 Å². The molecule has 0 unspecified atom stereocenters. The standard InChI is InChI=1S/C16H26ClNO/c1-2-11-18-12-5-3-4-6-13-19-14-15-7-9-16(17)10-8-15/h7-10,18H,2-6,11-14H2,1H3. The van der Waals surface area contributed by atoms with E-state index in [1.165, 1.54) is 31.2 Å². The van der Waals surface area contributed by atoms with Crippen molar-refractivity contribution in [1.82, 2.24) is 5.32 Å². The Labute approximate surface area is 122 Å². The zero-order valence-electron chi connectivity index (χ0n) is 12.0. The average Bonchev–Trinajstić information content (AvgIpc) is 2.43. The van der Waals surface area contributed by atoms with Crippen molar-refractivity contribution in [2.45, 2.75) is 45.6 Å². The smallest absolute Gasteiger partial charge is 0.0716 e. The summed E-state index contributed by atoms with van der Waals surface area (Å²) in [5.41, 5.74) is 1.19. The molecule has 0 aliphatic carbocycles. The van der Waals surface area contributed by atoms with Crippen molar-refractivity contribution >= 4 is 11.6 Å². The van der Waals surface area contributed by atoms with E-state index < -0.39 is 0 Å². The molecule has 0 aromatic heterocycles. The lowest BCUT2D eigenvalue weighted by Crippen LogP contribution is -2.15. The van der Waals surface area contributed by atoms with Crippen LogP contribution in [0, 0.1) is 0 Å². The number of benzene rings is 1. The summed E-state index contributed by atoms with van der Waals surface area (Å²) in [6, 6.07) is 7.84. The summed E-state index contributed by atoms with van der Waals surface area (Å²) < 4.78 is 5.65. The molecule has 0 atom stereocenters. The van der Waals surface area contributed by atoms with Crippen LogP contribution in [0.25, 0.3) is 0 Å². The first-order valence-corrected chi connectivity index (χ1v) is 7.73. The molecule has 0 saturated heterocycles. The van der Waals surface area contributed by atoms with Gasteiger partial charge in [-0.2, -0.15) is 0 Å². The van der Waals surface area contributed by atoms with Crippen molar-refractivity contribution in [3.05, 3.63) is 34.9 Å². The van der Waals surface area contributed by atoms with Crippen molar-refractivity contribution in [1.29, 1.82) is 0 Å². The molecule has 2 nitrogen and oxygen atoms in total. The Bertz CT molecular complexity index is 313. The topological polar surface area (TPSA) is 21.3 Å². The van der Waals surface area contributed by atoms with Crippen LogP contribution in [0.2, 0.25) is 5.02 Å². The second-order valence-electron chi connectivity index (χ2n) is 4.84. The van der Waals surface area contributed by atoms with Gasteiger partial charge in [0.25, 0.3) is 0 Å². The van der Waals surface area contributed by atoms with Gasteiger partial charge in [0.05, 0.1) is 6.61 Å². The summed E-state index contributed by atoms with van der Waals surface area (Å²) in [7, 11) is 0. The van der Waals surface area contributed by atoms with Crippen LogP contribution < -0.4 is 5.32 Å². The third-order valence-corrected chi connectivity index (χ3v) is 3.25. The van der Waals surface area contributed by atoms with Gasteiger partial charge in [0.15, 0.2) is 0 Å². The van der Waals surface area contributed by atoms with Crippen LogP contribution in [-0.2, 0) is 11.3 Å². The van der Waals surface area contributed by atoms with Crippen molar-refractivity contribution in [2.75, 3.05) is 19.7 Å². The molecule has 1 aromatic carbocycles. The van der Waals surface area contributed by atoms with Crippen LogP contribution in [0.1, 0.15) is 44.6 Å². The minimum Gasteiger partial charge on any atom is -0.377 e. The molecule has 0 heterocycles. The Morgan fingerprint density at radius 2 is 1.74 bits per heavy atom. The summed E-state index contributed by atoms with van der Waals surface area (Å²) in [5.74, 6) is 0. The molecule has 3 heteroatoms. The molecule has 19 heavy (non-hydrogen) atoms. The van der Waals surface area contributed by atoms with Crippen LogP contribution in [0.5, 0.6) is 0 Å². The number of hydrogen-bond donors (Lipinski definition) is 1. The van der Waals surface area contributed by atoms with Gasteiger partial charge >= 0.3 is 0 Å². The number of unbranched alkanes of at least 4 members (excludes halogenated alkanes) is 3. The van der Waals surface area contributed by atoms with Gasteiger partial charge < -0.3 is 10.1 Å². The summed E-state index contributed by atoms with van der Waals surface area (Å²) in [5, 5.41) is 4.20. The molecule has 0 aliphatic heterocycles. The van der Waals surface area contributed by atoms with E-state index in [0.29, 0.717) is 6.61 Å². The Morgan fingerprint density at radius 3 is 2.47 bits per heavy atom. The summed E-state index contributed by atoms with van der Waals surface area (Å²) in [6.07, 6.45) is 6.20. The van der Waals surface area contributed by atoms with E-state index in [-0.39, 0.29) is 0 Å². The zero-order chi connectivity index (χ0) is 13.8. The van der Waals surface area contributed by atoms with Crippen LogP contribution in [0.3, 0.4) is 0 Å². The van der Waals surface area contributed by atoms with E-state index in [9.17, 15) is 0 Å². The molecule has 0 spiro atoms. The number of rotatable bonds is 11. The van der Waals surface area contributed by atoms with Gasteiger partial charge in [-0.1, -0.05) is 43.5 Å². The fraction of sp³-hybridized carbons (Fsp3) is 0.625. The lowest BCUT2D eigenvalue weighted by atomic mass is 10.2. The highest BCUT2D eigenvalue weighted by atomic mass is 35.5. The number of nitrogens with one attached hydrogen (secondary N) is 1. The molecule has 1 rings (SSSR count). The summed E-state index contributed by atoms with van der Waals surface area (Å²) >= 11 is 5.83. The van der Waals surface area contributed by atoms with Crippen LogP contribution >= 0.6 is 11.6 Å². The van der Waals surface area contributed by atoms with E-state index in [1.807, 2.05) is 24.3 Å². The minimum atomic E-state index is 0.690. The first-order chi connectivity index (χ1) is 9.33. The molecule has 0 bridgehead atoms. The number of halogens is 1. The van der Waals surface area contributed by atoms with E-state index in [4.69, 9.17) is 16.3 Å². The summed E-state index contributed by atoms with van der Waals surface area (Å²) in [4.78, 5) is 0. The predicted octanol–water partition coefficient (Wildman–Crippen LogP) is 4.42. The molecule has 0 fully saturated rings. The first-order valence-electron chi connectivity index (χ1n) is 7.36. The molecule has 1 aromatic rings. The maximum atomic E-state index is 5.83. The highest BCUT2D eigenvalue weighted by Crippen LogP contribution is 2.10. The monoisotopic (exact) mass is 283 g/mol. The van der Waals surface area contributed by atoms with Crippen molar-refractivity contribution in [2.24, 2.45) is 0 Å². The second kappa shape index (κ2) is 11.3. The molecule has 0 saturated carbocycles. The number of ether oxygens (including phenoxy) is 1. The minimum absolute atomic E-state index is 0.690. The second-order valence-corrected chi connectivity index (χ2v) is 5.28. The Balaban J connectivity index is 1.87. The van der Waals surface area contributed by atoms with Gasteiger partial charge in [0.1, 0.15) is 0 Å². The molecule has 108 valence electrons. The zero-order valence-corrected chi connectivity index (χ0v) is 12.7. The molecule has 0 radical (unpaired) electrons. The highest BCUT2D eigenvalue weighted by Gasteiger charge is 1.94. The lowest BCUT2D eigenvalue weighted by molar-refractivity contribution is 0.116. The molecule has 1 N–H and O–H groups in total. The van der Waals surface area contributed by atoms with Crippen molar-refractivity contribution < 1.29 is 4.74 Å². The summed E-state index contributed by atoms with van der Waals surface area (Å²) in [6.45, 7) is 6.04. The van der Waals surface area contributed by atoms with Gasteiger partial charge in [0, 0.05) is 11.6 Å². The maximum absolute atomic E-state index is 5.83. The third-order valence-electron chi connectivity index (χ3n) is 3.00. The van der Waals surface area contributed by atoms with Crippen LogP contribution in [0.15, 0.2) is 24.3 Å². The SMILES string of the molecule is CCCNCCCCCCOCc1ccc(Cl)cc1. The van der Waals surface area contributed by atoms with E-state index in [2.05, 4.69) is 12.2 Å². The van der Waals surface area contributed by atoms with E-state index in [0.717, 1.165) is 31.1 Å². The van der Waals surface area contributed by atoms with Crippen molar-refractivity contribution in [3.63, 3.8) is 0 Å². The Morgan fingerprint density at radius 1 is 1.00 bits per heavy atom. The molecule has 0 amide bonds. The Hall–Kier alpha value is -0.570. The van der Waals surface area contributed by atoms with Crippen LogP contribution in [-0.4, -0.2) is 19.7 Å². The largest absolute Gasteiger partial charge is 0.377 e. The van der Waals surface area contributed by atoms with Gasteiger partial charge in [-0.25, -0.2) is 0 Å². The molecular weight excluding hydrogens is 258 g/mol. The first kappa shape index (κ1) is 16.5. The Kier molecular flexibility index (Phi) is 9.78. The predicted molar refractivity (Wildman–Crippen MR) is 82.7 cm³/mol. The average molecular weight is 284 g/mol. The number of hydrogen-bond acceptors (Lipinski definition) is 2. The van der Waals surface area contributed by atoms with Gasteiger partial charge in [-0.3, -0.25) is 0 Å². The fourth-order valence-electron chi connectivity index (χ4n) is 1.88. The quantitative estimate of drug-likeness (QED) is 0.607. The van der Waals surface area contributed by atoms with Crippen molar-refractivity contribution in [3.8, 4) is 0 Å². The third kappa shape index (κ3) is 9.04. The van der Waals surface area contributed by atoms with Gasteiger partial charge in [-0.15, -0.1) is 0 Å². The lowest BCUT2D eigenvalue weighted by Gasteiger charge is -2.05.